The summed E-state index contributed by atoms with van der Waals surface area (Å²) in [5.74, 6) is 0. The molecule has 0 radical (unpaired) electrons. The normalized spacial score (nSPS) is 10.2. The highest BCUT2D eigenvalue weighted by atomic mass is 35.5. The van der Waals surface area contributed by atoms with Crippen LogP contribution in [0, 0.1) is 6.92 Å². The van der Waals surface area contributed by atoms with Gasteiger partial charge >= 0.3 is 6.03 Å². The Morgan fingerprint density at radius 3 is 2.60 bits per heavy atom. The maximum absolute atomic E-state index is 12.0. The SMILES string of the molecule is CCc1cccc(C)c1NC(=O)Nc1cccc(Cl)c1. The summed E-state index contributed by atoms with van der Waals surface area (Å²) in [7, 11) is 0. The van der Waals surface area contributed by atoms with Crippen molar-refractivity contribution in [2.45, 2.75) is 20.3 Å². The highest BCUT2D eigenvalue weighted by Crippen LogP contribution is 2.21. The van der Waals surface area contributed by atoms with Crippen LogP contribution in [0.4, 0.5) is 16.2 Å². The molecule has 2 N–H and O–H groups in total. The fourth-order valence-corrected chi connectivity index (χ4v) is 2.23. The molecule has 2 amide bonds. The van der Waals surface area contributed by atoms with E-state index in [1.54, 1.807) is 24.3 Å². The molecule has 0 heterocycles. The summed E-state index contributed by atoms with van der Waals surface area (Å²) in [6.07, 6.45) is 0.870. The van der Waals surface area contributed by atoms with Gasteiger partial charge in [-0.05, 0) is 42.7 Å². The molecule has 2 rings (SSSR count). The first-order chi connectivity index (χ1) is 9.60. The number of halogens is 1. The largest absolute Gasteiger partial charge is 0.323 e. The molecule has 0 saturated heterocycles. The van der Waals surface area contributed by atoms with Crippen LogP contribution in [0.1, 0.15) is 18.1 Å². The van der Waals surface area contributed by atoms with Gasteiger partial charge in [-0.1, -0.05) is 42.8 Å². The average Bonchev–Trinajstić information content (AvgIpc) is 2.41. The molecule has 20 heavy (non-hydrogen) atoms. The first-order valence-electron chi connectivity index (χ1n) is 6.52. The zero-order valence-electron chi connectivity index (χ0n) is 11.5. The molecule has 0 bridgehead atoms. The van der Waals surface area contributed by atoms with Gasteiger partial charge in [-0.15, -0.1) is 0 Å². The van der Waals surface area contributed by atoms with Crippen molar-refractivity contribution >= 4 is 29.0 Å². The fourth-order valence-electron chi connectivity index (χ4n) is 2.04. The average molecular weight is 289 g/mol. The molecule has 0 aromatic heterocycles. The number of anilines is 2. The topological polar surface area (TPSA) is 41.1 Å². The van der Waals surface area contributed by atoms with Crippen LogP contribution < -0.4 is 10.6 Å². The number of benzene rings is 2. The molecule has 0 atom stereocenters. The number of rotatable bonds is 3. The third-order valence-corrected chi connectivity index (χ3v) is 3.30. The predicted octanol–water partition coefficient (Wildman–Crippen LogP) is 4.85. The lowest BCUT2D eigenvalue weighted by Crippen LogP contribution is -2.20. The van der Waals surface area contributed by atoms with Gasteiger partial charge < -0.3 is 10.6 Å². The number of carbonyl (C=O) groups excluding carboxylic acids is 1. The van der Waals surface area contributed by atoms with Gasteiger partial charge in [0.05, 0.1) is 0 Å². The fraction of sp³-hybridized carbons (Fsp3) is 0.188. The number of hydrogen-bond donors (Lipinski definition) is 2. The van der Waals surface area contributed by atoms with Crippen LogP contribution in [0.25, 0.3) is 0 Å². The monoisotopic (exact) mass is 288 g/mol. The molecular weight excluding hydrogens is 272 g/mol. The maximum atomic E-state index is 12.0. The van der Waals surface area contributed by atoms with Crippen molar-refractivity contribution in [1.29, 1.82) is 0 Å². The number of amides is 2. The standard InChI is InChI=1S/C16H17ClN2O/c1-3-12-7-4-6-11(2)15(12)19-16(20)18-14-9-5-8-13(17)10-14/h4-10H,3H2,1-2H3,(H2,18,19,20). The number of carbonyl (C=O) groups is 1. The van der Waals surface area contributed by atoms with Gasteiger partial charge in [0.1, 0.15) is 0 Å². The maximum Gasteiger partial charge on any atom is 0.323 e. The lowest BCUT2D eigenvalue weighted by Gasteiger charge is -2.13. The van der Waals surface area contributed by atoms with E-state index in [1.807, 2.05) is 25.1 Å². The van der Waals surface area contributed by atoms with Crippen LogP contribution in [0.3, 0.4) is 0 Å². The third-order valence-electron chi connectivity index (χ3n) is 3.06. The minimum Gasteiger partial charge on any atom is -0.308 e. The van der Waals surface area contributed by atoms with Crippen molar-refractivity contribution in [2.75, 3.05) is 10.6 Å². The van der Waals surface area contributed by atoms with E-state index in [0.717, 1.165) is 23.2 Å². The molecule has 0 aliphatic rings. The molecule has 2 aromatic rings. The van der Waals surface area contributed by atoms with Crippen LogP contribution in [0.2, 0.25) is 5.02 Å². The van der Waals surface area contributed by atoms with Gasteiger partial charge in [0.25, 0.3) is 0 Å². The molecule has 104 valence electrons. The second kappa shape index (κ2) is 6.44. The molecule has 4 heteroatoms. The zero-order valence-corrected chi connectivity index (χ0v) is 12.3. The number of aryl methyl sites for hydroxylation is 2. The van der Waals surface area contributed by atoms with Gasteiger partial charge in [-0.25, -0.2) is 4.79 Å². The van der Waals surface area contributed by atoms with Gasteiger partial charge in [0.2, 0.25) is 0 Å². The summed E-state index contributed by atoms with van der Waals surface area (Å²) in [5.41, 5.74) is 3.70. The molecule has 0 aliphatic carbocycles. The summed E-state index contributed by atoms with van der Waals surface area (Å²) >= 11 is 5.89. The Hall–Kier alpha value is -2.00. The minimum atomic E-state index is -0.267. The van der Waals surface area contributed by atoms with Crippen LogP contribution in [-0.4, -0.2) is 6.03 Å². The van der Waals surface area contributed by atoms with E-state index in [2.05, 4.69) is 17.6 Å². The van der Waals surface area contributed by atoms with Crippen molar-refractivity contribution in [3.8, 4) is 0 Å². The van der Waals surface area contributed by atoms with Crippen molar-refractivity contribution in [1.82, 2.24) is 0 Å². The Balaban J connectivity index is 2.12. The zero-order chi connectivity index (χ0) is 14.5. The minimum absolute atomic E-state index is 0.267. The van der Waals surface area contributed by atoms with Crippen LogP contribution in [0.5, 0.6) is 0 Å². The van der Waals surface area contributed by atoms with Gasteiger partial charge in [-0.2, -0.15) is 0 Å². The highest BCUT2D eigenvalue weighted by molar-refractivity contribution is 6.30. The van der Waals surface area contributed by atoms with Crippen molar-refractivity contribution in [3.63, 3.8) is 0 Å². The van der Waals surface area contributed by atoms with E-state index < -0.39 is 0 Å². The molecule has 0 fully saturated rings. The molecule has 3 nitrogen and oxygen atoms in total. The van der Waals surface area contributed by atoms with Crippen molar-refractivity contribution in [2.24, 2.45) is 0 Å². The number of urea groups is 1. The molecule has 0 unspecified atom stereocenters. The van der Waals surface area contributed by atoms with E-state index in [-0.39, 0.29) is 6.03 Å². The molecule has 0 aliphatic heterocycles. The van der Waals surface area contributed by atoms with Crippen molar-refractivity contribution in [3.05, 3.63) is 58.6 Å². The van der Waals surface area contributed by atoms with E-state index >= 15 is 0 Å². The van der Waals surface area contributed by atoms with Crippen LogP contribution in [0.15, 0.2) is 42.5 Å². The summed E-state index contributed by atoms with van der Waals surface area (Å²) in [6, 6.07) is 12.8. The van der Waals surface area contributed by atoms with E-state index in [4.69, 9.17) is 11.6 Å². The summed E-state index contributed by atoms with van der Waals surface area (Å²) < 4.78 is 0. The smallest absolute Gasteiger partial charge is 0.308 e. The highest BCUT2D eigenvalue weighted by Gasteiger charge is 2.08. The Morgan fingerprint density at radius 2 is 1.90 bits per heavy atom. The molecule has 0 saturated carbocycles. The quantitative estimate of drug-likeness (QED) is 0.832. The van der Waals surface area contributed by atoms with Gasteiger partial charge in [0.15, 0.2) is 0 Å². The Kier molecular flexibility index (Phi) is 4.64. The lowest BCUT2D eigenvalue weighted by atomic mass is 10.1. The first-order valence-corrected chi connectivity index (χ1v) is 6.90. The lowest BCUT2D eigenvalue weighted by molar-refractivity contribution is 0.262. The van der Waals surface area contributed by atoms with Crippen LogP contribution >= 0.6 is 11.6 Å². The number of nitrogens with one attached hydrogen (secondary N) is 2. The van der Waals surface area contributed by atoms with Crippen molar-refractivity contribution < 1.29 is 4.79 Å². The molecular formula is C16H17ClN2O. The Morgan fingerprint density at radius 1 is 1.15 bits per heavy atom. The third kappa shape index (κ3) is 3.52. The van der Waals surface area contributed by atoms with Gasteiger partial charge in [-0.3, -0.25) is 0 Å². The van der Waals surface area contributed by atoms with Gasteiger partial charge in [0, 0.05) is 16.4 Å². The molecule has 0 spiro atoms. The molecule has 2 aromatic carbocycles. The summed E-state index contributed by atoms with van der Waals surface area (Å²) in [5, 5.41) is 6.27. The predicted molar refractivity (Wildman–Crippen MR) is 84.7 cm³/mol. The van der Waals surface area contributed by atoms with Crippen LogP contribution in [-0.2, 0) is 6.42 Å². The van der Waals surface area contributed by atoms with E-state index in [1.165, 1.54) is 0 Å². The second-order valence-electron chi connectivity index (χ2n) is 4.55. The van der Waals surface area contributed by atoms with E-state index in [9.17, 15) is 4.79 Å². The second-order valence-corrected chi connectivity index (χ2v) is 4.99. The Labute approximate surface area is 124 Å². The first kappa shape index (κ1) is 14.4. The number of hydrogen-bond acceptors (Lipinski definition) is 1. The van der Waals surface area contributed by atoms with E-state index in [0.29, 0.717) is 10.7 Å². The summed E-state index contributed by atoms with van der Waals surface area (Å²) in [4.78, 5) is 12.0. The Bertz CT molecular complexity index is 626. The number of para-hydroxylation sites is 1. The summed E-state index contributed by atoms with van der Waals surface area (Å²) in [6.45, 7) is 4.04.